The molecule has 4 nitrogen and oxygen atoms in total. The minimum Gasteiger partial charge on any atom is -0.456 e. The lowest BCUT2D eigenvalue weighted by Gasteiger charge is -2.17. The van der Waals surface area contributed by atoms with Crippen LogP contribution in [0.3, 0.4) is 0 Å². The van der Waals surface area contributed by atoms with Crippen molar-refractivity contribution in [3.05, 3.63) is 243 Å². The van der Waals surface area contributed by atoms with E-state index in [9.17, 15) is 0 Å². The summed E-state index contributed by atoms with van der Waals surface area (Å²) in [5.41, 5.74) is 15.2. The number of nitrogens with zero attached hydrogens (tertiary/aromatic N) is 2. The van der Waals surface area contributed by atoms with Gasteiger partial charge in [0.25, 0.3) is 0 Å². The molecule has 17 rings (SSSR count). The predicted octanol–water partition coefficient (Wildman–Crippen LogP) is 19.6. The number of rotatable bonds is 4. The Morgan fingerprint density at radius 1 is 0.216 bits per heavy atom. The van der Waals surface area contributed by atoms with E-state index < -0.39 is 0 Å². The van der Waals surface area contributed by atoms with Crippen LogP contribution in [0.1, 0.15) is 0 Å². The second kappa shape index (κ2) is 14.8. The summed E-state index contributed by atoms with van der Waals surface area (Å²) in [5.74, 6) is 0. The van der Waals surface area contributed by atoms with Crippen molar-refractivity contribution >= 4 is 131 Å². The molecule has 0 fully saturated rings. The first-order valence-corrected chi connectivity index (χ1v) is 25.4. The normalized spacial score (nSPS) is 12.3. The van der Waals surface area contributed by atoms with Gasteiger partial charge in [-0.25, -0.2) is 0 Å². The molecule has 0 amide bonds. The number of furan rings is 2. The lowest BCUT2D eigenvalue weighted by Crippen LogP contribution is -1.94. The third kappa shape index (κ3) is 5.57. The number of aromatic nitrogens is 2. The van der Waals surface area contributed by atoms with Gasteiger partial charge in [-0.15, -0.1) is 0 Å². The number of fused-ring (bicyclic) bond motifs is 18. The molecule has 17 aromatic rings. The SMILES string of the molecule is c1ccc(-n2c3ccccc3c3cc4c(-c5ccc6oc7ccccc7c6c5)cc5cc6cc(-c7ccc8oc9ccccc9c8c7)c7cc8c9ccccc9n(-c9ccccc9)c8cc7c6cc5c4cc32)cc1. The molecule has 0 saturated carbocycles. The van der Waals surface area contributed by atoms with Crippen LogP contribution in [0, 0.1) is 0 Å². The summed E-state index contributed by atoms with van der Waals surface area (Å²) >= 11 is 0. The van der Waals surface area contributed by atoms with Gasteiger partial charge in [-0.1, -0.05) is 121 Å². The van der Waals surface area contributed by atoms with Crippen LogP contribution in [0.25, 0.3) is 164 Å². The van der Waals surface area contributed by atoms with Crippen molar-refractivity contribution in [2.24, 2.45) is 0 Å². The smallest absolute Gasteiger partial charge is 0.135 e. The van der Waals surface area contributed by atoms with Crippen molar-refractivity contribution in [3.8, 4) is 33.6 Å². The van der Waals surface area contributed by atoms with Crippen LogP contribution in [0.2, 0.25) is 0 Å². The molecule has 13 aromatic carbocycles. The van der Waals surface area contributed by atoms with Crippen molar-refractivity contribution in [3.63, 3.8) is 0 Å². The van der Waals surface area contributed by atoms with Crippen molar-refractivity contribution < 1.29 is 8.83 Å². The molecule has 4 aromatic heterocycles. The van der Waals surface area contributed by atoms with E-state index in [1.165, 1.54) is 97.8 Å². The van der Waals surface area contributed by atoms with Crippen molar-refractivity contribution in [1.29, 1.82) is 0 Å². The first kappa shape index (κ1) is 39.8. The Morgan fingerprint density at radius 2 is 0.608 bits per heavy atom. The molecule has 0 aliphatic rings. The monoisotopic (exact) mass is 940 g/mol. The molecule has 74 heavy (non-hydrogen) atoms. The molecule has 342 valence electrons. The quantitative estimate of drug-likeness (QED) is 0.130. The van der Waals surface area contributed by atoms with Crippen LogP contribution in [-0.2, 0) is 0 Å². The summed E-state index contributed by atoms with van der Waals surface area (Å²) in [6.45, 7) is 0. The average Bonchev–Trinajstić information content (AvgIpc) is 4.21. The zero-order valence-electron chi connectivity index (χ0n) is 39.8. The zero-order valence-corrected chi connectivity index (χ0v) is 39.8. The number of hydrogen-bond donors (Lipinski definition) is 0. The van der Waals surface area contributed by atoms with Gasteiger partial charge in [0.2, 0.25) is 0 Å². The fourth-order valence-electron chi connectivity index (χ4n) is 12.7. The summed E-state index contributed by atoms with van der Waals surface area (Å²) in [4.78, 5) is 0. The van der Waals surface area contributed by atoms with Gasteiger partial charge in [0.1, 0.15) is 22.3 Å². The second-order valence-corrected chi connectivity index (χ2v) is 20.0. The highest BCUT2D eigenvalue weighted by molar-refractivity contribution is 6.28. The fraction of sp³-hybridized carbons (Fsp3) is 0. The molecule has 0 radical (unpaired) electrons. The average molecular weight is 941 g/mol. The van der Waals surface area contributed by atoms with Gasteiger partial charge >= 0.3 is 0 Å². The molecule has 0 saturated heterocycles. The summed E-state index contributed by atoms with van der Waals surface area (Å²) in [6.07, 6.45) is 0. The highest BCUT2D eigenvalue weighted by Gasteiger charge is 2.22. The lowest BCUT2D eigenvalue weighted by atomic mass is 9.87. The van der Waals surface area contributed by atoms with Crippen LogP contribution < -0.4 is 0 Å². The minimum atomic E-state index is 0.890. The Hall–Kier alpha value is -9.90. The maximum absolute atomic E-state index is 6.39. The maximum atomic E-state index is 6.39. The number of benzene rings is 13. The fourth-order valence-corrected chi connectivity index (χ4v) is 12.7. The molecule has 4 heterocycles. The summed E-state index contributed by atoms with van der Waals surface area (Å²) < 4.78 is 17.7. The lowest BCUT2D eigenvalue weighted by molar-refractivity contribution is 0.668. The van der Waals surface area contributed by atoms with Gasteiger partial charge in [0.05, 0.1) is 22.1 Å². The van der Waals surface area contributed by atoms with Crippen molar-refractivity contribution in [2.45, 2.75) is 0 Å². The van der Waals surface area contributed by atoms with E-state index in [2.05, 4.69) is 240 Å². The topological polar surface area (TPSA) is 36.1 Å². The summed E-state index contributed by atoms with van der Waals surface area (Å²) in [5, 5.41) is 19.0. The maximum Gasteiger partial charge on any atom is 0.135 e. The van der Waals surface area contributed by atoms with Crippen LogP contribution in [0.4, 0.5) is 0 Å². The molecule has 0 unspecified atom stereocenters. The Kier molecular flexibility index (Phi) is 7.97. The predicted molar refractivity (Wildman–Crippen MR) is 311 cm³/mol. The van der Waals surface area contributed by atoms with E-state index in [0.29, 0.717) is 0 Å². The van der Waals surface area contributed by atoms with E-state index in [-0.39, 0.29) is 0 Å². The van der Waals surface area contributed by atoms with Gasteiger partial charge in [0.15, 0.2) is 0 Å². The highest BCUT2D eigenvalue weighted by Crippen LogP contribution is 2.47. The highest BCUT2D eigenvalue weighted by atomic mass is 16.3. The van der Waals surface area contributed by atoms with Crippen molar-refractivity contribution in [2.75, 3.05) is 0 Å². The van der Waals surface area contributed by atoms with Crippen LogP contribution in [0.15, 0.2) is 251 Å². The largest absolute Gasteiger partial charge is 0.456 e. The van der Waals surface area contributed by atoms with Gasteiger partial charge in [0, 0.05) is 54.5 Å². The molecule has 0 aliphatic carbocycles. The minimum absolute atomic E-state index is 0.890. The molecule has 0 aliphatic heterocycles. The van der Waals surface area contributed by atoms with E-state index >= 15 is 0 Å². The third-order valence-electron chi connectivity index (χ3n) is 16.0. The van der Waals surface area contributed by atoms with E-state index in [4.69, 9.17) is 8.83 Å². The van der Waals surface area contributed by atoms with Crippen LogP contribution in [0.5, 0.6) is 0 Å². The van der Waals surface area contributed by atoms with Gasteiger partial charge in [-0.3, -0.25) is 0 Å². The van der Waals surface area contributed by atoms with Crippen LogP contribution >= 0.6 is 0 Å². The van der Waals surface area contributed by atoms with Gasteiger partial charge in [-0.05, 0) is 187 Å². The van der Waals surface area contributed by atoms with Gasteiger partial charge in [-0.2, -0.15) is 0 Å². The second-order valence-electron chi connectivity index (χ2n) is 20.0. The van der Waals surface area contributed by atoms with Crippen molar-refractivity contribution in [1.82, 2.24) is 9.13 Å². The van der Waals surface area contributed by atoms with Crippen LogP contribution in [-0.4, -0.2) is 9.13 Å². The number of hydrogen-bond acceptors (Lipinski definition) is 2. The Morgan fingerprint density at radius 3 is 1.08 bits per heavy atom. The van der Waals surface area contributed by atoms with Gasteiger partial charge < -0.3 is 18.0 Å². The van der Waals surface area contributed by atoms with E-state index in [1.54, 1.807) is 0 Å². The molecule has 0 spiro atoms. The molecule has 4 heteroatoms. The Labute approximate surface area is 422 Å². The molecule has 0 N–H and O–H groups in total. The summed E-state index contributed by atoms with van der Waals surface area (Å²) in [6, 6.07) is 89.1. The zero-order chi connectivity index (χ0) is 48.2. The standard InChI is InChI=1S/C70H40N2O2/c1-3-15-45(16-4-1)71-63-23-11-7-19-47(63)59-37-55-51(41-27-29-69-61(32-41)49-21-9-13-25-67(49)73-69)34-43-31-44-35-52(42-28-30-70-62(33-42)50-22-10-14-26-68(50)74-70)56-38-60-48-20-8-12-24-64(48)72(46-17-5-2-6-18-46)66(60)40-58(56)54(44)36-53(43)57(55)39-65(59)71/h1-40H. The summed E-state index contributed by atoms with van der Waals surface area (Å²) in [7, 11) is 0. The molecule has 0 atom stereocenters. The first-order valence-electron chi connectivity index (χ1n) is 25.4. The Balaban J connectivity index is 1.03. The first-order chi connectivity index (χ1) is 36.7. The molecular weight excluding hydrogens is 901 g/mol. The van der Waals surface area contributed by atoms with E-state index in [1.807, 2.05) is 12.1 Å². The Bertz CT molecular complexity index is 4920. The molecule has 0 bridgehead atoms. The molecular formula is C70H40N2O2. The van der Waals surface area contributed by atoms with E-state index in [0.717, 1.165) is 66.4 Å². The third-order valence-corrected chi connectivity index (χ3v) is 16.0. The number of para-hydroxylation sites is 6.